The van der Waals surface area contributed by atoms with Gasteiger partial charge in [-0.25, -0.2) is 9.59 Å². The van der Waals surface area contributed by atoms with Gasteiger partial charge in [-0.3, -0.25) is 0 Å². The minimum atomic E-state index is -1.01. The van der Waals surface area contributed by atoms with Gasteiger partial charge in [-0.2, -0.15) is 0 Å². The van der Waals surface area contributed by atoms with Crippen LogP contribution >= 0.6 is 0 Å². The molecule has 3 rings (SSSR count). The van der Waals surface area contributed by atoms with E-state index in [0.717, 1.165) is 21.9 Å². The van der Waals surface area contributed by atoms with Gasteiger partial charge in [-0.05, 0) is 46.2 Å². The van der Waals surface area contributed by atoms with Gasteiger partial charge in [-0.15, -0.1) is 0 Å². The van der Waals surface area contributed by atoms with E-state index in [2.05, 4.69) is 0 Å². The first-order valence-corrected chi connectivity index (χ1v) is 7.65. The molecule has 3 aromatic rings. The molecule has 0 aliphatic rings. The van der Waals surface area contributed by atoms with Crippen molar-refractivity contribution < 1.29 is 24.5 Å². The number of carboxylic acid groups (broad SMARTS) is 2. The van der Waals surface area contributed by atoms with Crippen LogP contribution in [-0.2, 0) is 6.42 Å². The van der Waals surface area contributed by atoms with Gasteiger partial charge >= 0.3 is 11.9 Å². The lowest BCUT2D eigenvalue weighted by atomic mass is 9.96. The molecule has 25 heavy (non-hydrogen) atoms. The molecule has 0 saturated heterocycles. The van der Waals surface area contributed by atoms with E-state index in [9.17, 15) is 14.7 Å². The van der Waals surface area contributed by atoms with Crippen LogP contribution in [0.1, 0.15) is 31.8 Å². The minimum Gasteiger partial charge on any atom is -0.496 e. The Kier molecular flexibility index (Phi) is 4.39. The zero-order valence-electron chi connectivity index (χ0n) is 13.5. The Morgan fingerprint density at radius 1 is 0.880 bits per heavy atom. The summed E-state index contributed by atoms with van der Waals surface area (Å²) in [6.45, 7) is 0. The first kappa shape index (κ1) is 16.5. The van der Waals surface area contributed by atoms with Crippen LogP contribution < -0.4 is 4.74 Å². The zero-order valence-corrected chi connectivity index (χ0v) is 13.5. The molecule has 0 fully saturated rings. The number of methoxy groups -OCH3 is 1. The quantitative estimate of drug-likeness (QED) is 0.739. The monoisotopic (exact) mass is 336 g/mol. The molecule has 0 bridgehead atoms. The molecule has 0 heterocycles. The summed E-state index contributed by atoms with van der Waals surface area (Å²) in [6, 6.07) is 15.5. The number of fused-ring (bicyclic) bond motifs is 1. The SMILES string of the molecule is COc1cc(C(=O)O)ccc1Cc1cccc2ccc(C(=O)O)cc12. The van der Waals surface area contributed by atoms with Crippen molar-refractivity contribution in [2.75, 3.05) is 7.11 Å². The molecule has 0 amide bonds. The van der Waals surface area contributed by atoms with E-state index in [4.69, 9.17) is 9.84 Å². The second-order valence-electron chi connectivity index (χ2n) is 5.67. The molecule has 2 N–H and O–H groups in total. The van der Waals surface area contributed by atoms with Crippen LogP contribution in [0.2, 0.25) is 0 Å². The molecular formula is C20H16O5. The third-order valence-corrected chi connectivity index (χ3v) is 4.13. The van der Waals surface area contributed by atoms with Crippen molar-refractivity contribution in [3.8, 4) is 5.75 Å². The lowest BCUT2D eigenvalue weighted by molar-refractivity contribution is 0.0686. The highest BCUT2D eigenvalue weighted by Gasteiger charge is 2.12. The Labute approximate surface area is 144 Å². The number of carbonyl (C=O) groups is 2. The molecule has 0 spiro atoms. The lowest BCUT2D eigenvalue weighted by Gasteiger charge is -2.12. The molecule has 126 valence electrons. The predicted octanol–water partition coefficient (Wildman–Crippen LogP) is 3.84. The van der Waals surface area contributed by atoms with Gasteiger partial charge in [-0.1, -0.05) is 30.3 Å². The fourth-order valence-electron chi connectivity index (χ4n) is 2.85. The highest BCUT2D eigenvalue weighted by Crippen LogP contribution is 2.27. The van der Waals surface area contributed by atoms with Gasteiger partial charge in [0.15, 0.2) is 0 Å². The van der Waals surface area contributed by atoms with E-state index < -0.39 is 11.9 Å². The first-order chi connectivity index (χ1) is 12.0. The average molecular weight is 336 g/mol. The van der Waals surface area contributed by atoms with Crippen LogP contribution in [0.15, 0.2) is 54.6 Å². The number of carboxylic acids is 2. The summed E-state index contributed by atoms with van der Waals surface area (Å²) in [5.74, 6) is -1.49. The third-order valence-electron chi connectivity index (χ3n) is 4.13. The Hall–Kier alpha value is -3.34. The third kappa shape index (κ3) is 3.30. The molecule has 0 saturated carbocycles. The summed E-state index contributed by atoms with van der Waals surface area (Å²) in [5.41, 5.74) is 2.17. The summed E-state index contributed by atoms with van der Waals surface area (Å²) in [6.07, 6.45) is 0.503. The van der Waals surface area contributed by atoms with Gasteiger partial charge < -0.3 is 14.9 Å². The minimum absolute atomic E-state index is 0.159. The molecule has 0 radical (unpaired) electrons. The van der Waals surface area contributed by atoms with Crippen LogP contribution in [0, 0.1) is 0 Å². The molecule has 5 heteroatoms. The fourth-order valence-corrected chi connectivity index (χ4v) is 2.85. The van der Waals surface area contributed by atoms with E-state index in [1.54, 1.807) is 24.3 Å². The molecule has 3 aromatic carbocycles. The topological polar surface area (TPSA) is 83.8 Å². The Balaban J connectivity index is 2.07. The van der Waals surface area contributed by atoms with Gasteiger partial charge in [0, 0.05) is 6.42 Å². The zero-order chi connectivity index (χ0) is 18.0. The van der Waals surface area contributed by atoms with E-state index in [-0.39, 0.29) is 11.1 Å². The number of hydrogen-bond donors (Lipinski definition) is 2. The van der Waals surface area contributed by atoms with Gasteiger partial charge in [0.05, 0.1) is 18.2 Å². The number of hydrogen-bond acceptors (Lipinski definition) is 3. The van der Waals surface area contributed by atoms with Crippen LogP contribution in [0.3, 0.4) is 0 Å². The van der Waals surface area contributed by atoms with Crippen LogP contribution in [0.4, 0.5) is 0 Å². The van der Waals surface area contributed by atoms with Gasteiger partial charge in [0.2, 0.25) is 0 Å². The lowest BCUT2D eigenvalue weighted by Crippen LogP contribution is -2.01. The first-order valence-electron chi connectivity index (χ1n) is 7.65. The molecule has 0 atom stereocenters. The summed E-state index contributed by atoms with van der Waals surface area (Å²) in [7, 11) is 1.50. The van der Waals surface area contributed by atoms with Crippen molar-refractivity contribution in [2.24, 2.45) is 0 Å². The predicted molar refractivity (Wildman–Crippen MR) is 93.7 cm³/mol. The average Bonchev–Trinajstić information content (AvgIpc) is 2.61. The van der Waals surface area contributed by atoms with Crippen LogP contribution in [0.25, 0.3) is 10.8 Å². The fraction of sp³-hybridized carbons (Fsp3) is 0.100. The molecule has 0 aliphatic carbocycles. The number of benzene rings is 3. The number of rotatable bonds is 5. The highest BCUT2D eigenvalue weighted by molar-refractivity contribution is 5.95. The van der Waals surface area contributed by atoms with Crippen molar-refractivity contribution in [3.63, 3.8) is 0 Å². The molecule has 0 aliphatic heterocycles. The summed E-state index contributed by atoms with van der Waals surface area (Å²) >= 11 is 0. The standard InChI is InChI=1S/C20H16O5/c1-25-18-11-16(20(23)24)8-6-14(18)9-13-4-2-3-12-5-7-15(19(21)22)10-17(12)13/h2-8,10-11H,9H2,1H3,(H,21,22)(H,23,24). The van der Waals surface area contributed by atoms with E-state index in [0.29, 0.717) is 12.2 Å². The summed E-state index contributed by atoms with van der Waals surface area (Å²) in [4.78, 5) is 22.3. The van der Waals surface area contributed by atoms with Gasteiger partial charge in [0.1, 0.15) is 5.75 Å². The second kappa shape index (κ2) is 6.65. The van der Waals surface area contributed by atoms with Crippen molar-refractivity contribution in [1.29, 1.82) is 0 Å². The summed E-state index contributed by atoms with van der Waals surface area (Å²) < 4.78 is 5.32. The van der Waals surface area contributed by atoms with Crippen molar-refractivity contribution in [1.82, 2.24) is 0 Å². The van der Waals surface area contributed by atoms with Crippen LogP contribution in [0.5, 0.6) is 5.75 Å². The number of ether oxygens (including phenoxy) is 1. The number of aromatic carboxylic acids is 2. The molecule has 0 aromatic heterocycles. The largest absolute Gasteiger partial charge is 0.496 e. The van der Waals surface area contributed by atoms with E-state index in [1.165, 1.54) is 19.2 Å². The van der Waals surface area contributed by atoms with E-state index in [1.807, 2.05) is 18.2 Å². The normalized spacial score (nSPS) is 10.6. The Morgan fingerprint density at radius 2 is 1.56 bits per heavy atom. The maximum absolute atomic E-state index is 11.2. The van der Waals surface area contributed by atoms with Crippen LogP contribution in [-0.4, -0.2) is 29.3 Å². The van der Waals surface area contributed by atoms with Crippen molar-refractivity contribution in [3.05, 3.63) is 76.9 Å². The maximum atomic E-state index is 11.2. The Morgan fingerprint density at radius 3 is 2.24 bits per heavy atom. The van der Waals surface area contributed by atoms with Gasteiger partial charge in [0.25, 0.3) is 0 Å². The summed E-state index contributed by atoms with van der Waals surface area (Å²) in [5, 5.41) is 20.1. The molecule has 5 nitrogen and oxygen atoms in total. The van der Waals surface area contributed by atoms with E-state index >= 15 is 0 Å². The van der Waals surface area contributed by atoms with Crippen molar-refractivity contribution >= 4 is 22.7 Å². The molecular weight excluding hydrogens is 320 g/mol. The maximum Gasteiger partial charge on any atom is 0.335 e. The Bertz CT molecular complexity index is 975. The second-order valence-corrected chi connectivity index (χ2v) is 5.67. The highest BCUT2D eigenvalue weighted by atomic mass is 16.5. The molecule has 0 unspecified atom stereocenters. The smallest absolute Gasteiger partial charge is 0.335 e. The van der Waals surface area contributed by atoms with Crippen molar-refractivity contribution in [2.45, 2.75) is 6.42 Å².